The van der Waals surface area contributed by atoms with Gasteiger partial charge in [-0.2, -0.15) is 0 Å². The summed E-state index contributed by atoms with van der Waals surface area (Å²) in [7, 11) is 0. The zero-order valence-corrected chi connectivity index (χ0v) is 15.8. The number of hydrogen-bond donors (Lipinski definition) is 0. The molecule has 0 spiro atoms. The third-order valence-electron chi connectivity index (χ3n) is 4.55. The van der Waals surface area contributed by atoms with Crippen LogP contribution in [0.5, 0.6) is 0 Å². The topological polar surface area (TPSA) is 69.6 Å². The predicted molar refractivity (Wildman–Crippen MR) is 100 cm³/mol. The molecule has 26 heavy (non-hydrogen) atoms. The van der Waals surface area contributed by atoms with Crippen molar-refractivity contribution >= 4 is 15.9 Å². The molecule has 0 saturated carbocycles. The SMILES string of the molecule is Cc1ncc2c(n1)-c1cc(Br)ccc1-n1cnc(-c3cc(C)on3)c1C2. The average molecular weight is 408 g/mol. The number of rotatable bonds is 1. The number of benzene rings is 1. The maximum Gasteiger partial charge on any atom is 0.134 e. The Hall–Kier alpha value is -2.80. The van der Waals surface area contributed by atoms with E-state index in [-0.39, 0.29) is 0 Å². The van der Waals surface area contributed by atoms with Gasteiger partial charge in [0.25, 0.3) is 0 Å². The van der Waals surface area contributed by atoms with Gasteiger partial charge in [0.2, 0.25) is 0 Å². The van der Waals surface area contributed by atoms with Crippen molar-refractivity contribution in [2.75, 3.05) is 0 Å². The number of imidazole rings is 1. The van der Waals surface area contributed by atoms with Crippen molar-refractivity contribution in [1.82, 2.24) is 24.7 Å². The summed E-state index contributed by atoms with van der Waals surface area (Å²) in [6.07, 6.45) is 4.42. The van der Waals surface area contributed by atoms with Crippen LogP contribution in [0.2, 0.25) is 0 Å². The normalized spacial score (nSPS) is 12.3. The van der Waals surface area contributed by atoms with Crippen molar-refractivity contribution in [1.29, 1.82) is 0 Å². The zero-order valence-electron chi connectivity index (χ0n) is 14.2. The van der Waals surface area contributed by atoms with Crippen LogP contribution in [0.15, 0.2) is 45.8 Å². The van der Waals surface area contributed by atoms with Gasteiger partial charge in [-0.1, -0.05) is 21.1 Å². The quantitative estimate of drug-likeness (QED) is 0.414. The highest BCUT2D eigenvalue weighted by Gasteiger charge is 2.25. The van der Waals surface area contributed by atoms with Gasteiger partial charge in [-0.25, -0.2) is 15.0 Å². The van der Waals surface area contributed by atoms with Crippen molar-refractivity contribution in [3.05, 3.63) is 64.1 Å². The summed E-state index contributed by atoms with van der Waals surface area (Å²) in [5.41, 5.74) is 6.73. The standard InChI is InChI=1S/C19H14BrN5O/c1-10-5-15(24-26-10)19-17-6-12-8-21-11(2)23-18(12)14-7-13(20)3-4-16(14)25(17)9-22-19/h3-5,7-9H,6H2,1-2H3. The molecule has 128 valence electrons. The summed E-state index contributed by atoms with van der Waals surface area (Å²) in [5, 5.41) is 4.15. The highest BCUT2D eigenvalue weighted by molar-refractivity contribution is 9.10. The number of aryl methyl sites for hydroxylation is 2. The van der Waals surface area contributed by atoms with Gasteiger partial charge in [-0.3, -0.25) is 0 Å². The number of halogens is 1. The minimum Gasteiger partial charge on any atom is -0.361 e. The Morgan fingerprint density at radius 1 is 1.12 bits per heavy atom. The third kappa shape index (κ3) is 2.31. The smallest absolute Gasteiger partial charge is 0.134 e. The molecule has 0 bridgehead atoms. The second-order valence-corrected chi connectivity index (χ2v) is 7.28. The van der Waals surface area contributed by atoms with Gasteiger partial charge in [0.15, 0.2) is 0 Å². The van der Waals surface area contributed by atoms with Crippen molar-refractivity contribution in [3.8, 4) is 28.3 Å². The molecule has 1 aromatic carbocycles. The minimum absolute atomic E-state index is 0.670. The molecule has 0 N–H and O–H groups in total. The number of nitrogens with zero attached hydrogens (tertiary/aromatic N) is 5. The van der Waals surface area contributed by atoms with Gasteiger partial charge in [0.05, 0.1) is 17.1 Å². The lowest BCUT2D eigenvalue weighted by Crippen LogP contribution is -2.00. The van der Waals surface area contributed by atoms with Gasteiger partial charge >= 0.3 is 0 Å². The fourth-order valence-corrected chi connectivity index (χ4v) is 3.75. The maximum atomic E-state index is 5.25. The molecule has 7 heteroatoms. The van der Waals surface area contributed by atoms with E-state index < -0.39 is 0 Å². The lowest BCUT2D eigenvalue weighted by atomic mass is 10.0. The summed E-state index contributed by atoms with van der Waals surface area (Å²) in [6.45, 7) is 3.79. The molecular formula is C19H14BrN5O. The number of aromatic nitrogens is 5. The fourth-order valence-electron chi connectivity index (χ4n) is 3.39. The molecule has 4 aromatic rings. The van der Waals surface area contributed by atoms with Gasteiger partial charge < -0.3 is 9.09 Å². The first-order valence-electron chi connectivity index (χ1n) is 8.23. The minimum atomic E-state index is 0.670. The Bertz CT molecular complexity index is 1160. The van der Waals surface area contributed by atoms with Crippen LogP contribution < -0.4 is 0 Å². The molecule has 0 aliphatic carbocycles. The summed E-state index contributed by atoms with van der Waals surface area (Å²) in [5.74, 6) is 1.52. The maximum absolute atomic E-state index is 5.25. The van der Waals surface area contributed by atoms with Gasteiger partial charge in [-0.05, 0) is 32.0 Å². The van der Waals surface area contributed by atoms with Crippen molar-refractivity contribution in [2.24, 2.45) is 0 Å². The van der Waals surface area contributed by atoms with E-state index in [1.54, 1.807) is 0 Å². The van der Waals surface area contributed by atoms with Crippen molar-refractivity contribution < 1.29 is 4.52 Å². The van der Waals surface area contributed by atoms with Gasteiger partial charge in [-0.15, -0.1) is 0 Å². The third-order valence-corrected chi connectivity index (χ3v) is 5.05. The molecule has 5 rings (SSSR count). The Kier molecular flexibility index (Phi) is 3.33. The number of hydrogen-bond acceptors (Lipinski definition) is 5. The highest BCUT2D eigenvalue weighted by atomic mass is 79.9. The van der Waals surface area contributed by atoms with E-state index in [9.17, 15) is 0 Å². The average Bonchev–Trinajstić information content (AvgIpc) is 3.20. The van der Waals surface area contributed by atoms with Gasteiger partial charge in [0, 0.05) is 34.3 Å². The van der Waals surface area contributed by atoms with Crippen LogP contribution in [-0.4, -0.2) is 24.7 Å². The summed E-state index contributed by atoms with van der Waals surface area (Å²) in [6, 6.07) is 8.11. The molecule has 6 nitrogen and oxygen atoms in total. The van der Waals surface area contributed by atoms with E-state index in [2.05, 4.69) is 47.8 Å². The zero-order chi connectivity index (χ0) is 17.8. The molecule has 0 unspecified atom stereocenters. The molecule has 0 saturated heterocycles. The molecule has 0 atom stereocenters. The van der Waals surface area contributed by atoms with E-state index in [1.807, 2.05) is 38.5 Å². The molecule has 0 amide bonds. The lowest BCUT2D eigenvalue weighted by Gasteiger charge is -2.10. The first-order valence-corrected chi connectivity index (χ1v) is 9.02. The first-order chi connectivity index (χ1) is 12.6. The lowest BCUT2D eigenvalue weighted by molar-refractivity contribution is 0.399. The Morgan fingerprint density at radius 3 is 2.81 bits per heavy atom. The Labute approximate surface area is 158 Å². The molecular weight excluding hydrogens is 394 g/mol. The molecule has 0 fully saturated rings. The molecule has 3 aromatic heterocycles. The van der Waals surface area contributed by atoms with E-state index in [4.69, 9.17) is 9.51 Å². The van der Waals surface area contributed by atoms with Crippen LogP contribution >= 0.6 is 15.9 Å². The largest absolute Gasteiger partial charge is 0.361 e. The Morgan fingerprint density at radius 2 is 2.00 bits per heavy atom. The van der Waals surface area contributed by atoms with Crippen LogP contribution in [0.4, 0.5) is 0 Å². The Balaban J connectivity index is 1.82. The van der Waals surface area contributed by atoms with E-state index in [0.29, 0.717) is 6.42 Å². The molecule has 4 heterocycles. The second kappa shape index (κ2) is 5.60. The van der Waals surface area contributed by atoms with E-state index in [0.717, 1.165) is 55.6 Å². The van der Waals surface area contributed by atoms with Crippen LogP contribution in [0.3, 0.4) is 0 Å². The van der Waals surface area contributed by atoms with E-state index >= 15 is 0 Å². The van der Waals surface area contributed by atoms with Crippen molar-refractivity contribution in [3.63, 3.8) is 0 Å². The predicted octanol–water partition coefficient (Wildman–Crippen LogP) is 4.27. The van der Waals surface area contributed by atoms with Crippen LogP contribution in [0.25, 0.3) is 28.3 Å². The summed E-state index contributed by atoms with van der Waals surface area (Å²) < 4.78 is 8.37. The summed E-state index contributed by atoms with van der Waals surface area (Å²) in [4.78, 5) is 13.8. The summed E-state index contributed by atoms with van der Waals surface area (Å²) >= 11 is 3.58. The van der Waals surface area contributed by atoms with Crippen LogP contribution in [0.1, 0.15) is 22.8 Å². The molecule has 0 radical (unpaired) electrons. The van der Waals surface area contributed by atoms with Gasteiger partial charge in [0.1, 0.15) is 29.3 Å². The van der Waals surface area contributed by atoms with Crippen molar-refractivity contribution in [2.45, 2.75) is 20.3 Å². The van der Waals surface area contributed by atoms with Crippen LogP contribution in [-0.2, 0) is 6.42 Å². The fraction of sp³-hybridized carbons (Fsp3) is 0.158. The van der Waals surface area contributed by atoms with E-state index in [1.165, 1.54) is 0 Å². The number of fused-ring (bicyclic) bond motifs is 5. The monoisotopic (exact) mass is 407 g/mol. The molecule has 1 aliphatic heterocycles. The second-order valence-electron chi connectivity index (χ2n) is 6.36. The first kappa shape index (κ1) is 15.5. The highest BCUT2D eigenvalue weighted by Crippen LogP contribution is 2.38. The van der Waals surface area contributed by atoms with Crippen LogP contribution in [0, 0.1) is 13.8 Å². The molecule has 1 aliphatic rings.